The summed E-state index contributed by atoms with van der Waals surface area (Å²) in [6.07, 6.45) is 1.50. The quantitative estimate of drug-likeness (QED) is 0.667. The Morgan fingerprint density at radius 1 is 1.33 bits per heavy atom. The molecule has 2 unspecified atom stereocenters. The molecule has 0 aliphatic carbocycles. The van der Waals surface area contributed by atoms with E-state index >= 15 is 0 Å². The van der Waals surface area contributed by atoms with E-state index in [0.29, 0.717) is 22.3 Å². The summed E-state index contributed by atoms with van der Waals surface area (Å²) < 4.78 is 13.9. The molecule has 0 fully saturated rings. The number of fused-ring (bicyclic) bond motifs is 1. The molecule has 0 amide bonds. The van der Waals surface area contributed by atoms with Crippen LogP contribution < -0.4 is 11.3 Å². The Morgan fingerprint density at radius 2 is 2.14 bits per heavy atom. The van der Waals surface area contributed by atoms with Crippen LogP contribution in [0.15, 0.2) is 47.4 Å². The summed E-state index contributed by atoms with van der Waals surface area (Å²) in [6, 6.07) is 13.1. The third kappa shape index (κ3) is 3.24. The van der Waals surface area contributed by atoms with Gasteiger partial charge in [-0.2, -0.15) is 0 Å². The van der Waals surface area contributed by atoms with Gasteiger partial charge in [-0.25, -0.2) is 4.39 Å². The summed E-state index contributed by atoms with van der Waals surface area (Å²) in [4.78, 5) is 1.29. The van der Waals surface area contributed by atoms with E-state index in [1.165, 1.54) is 16.5 Å². The summed E-state index contributed by atoms with van der Waals surface area (Å²) in [5.74, 6) is 5.43. The molecule has 0 aromatic heterocycles. The number of hydrazine groups is 1. The molecule has 1 aliphatic heterocycles. The lowest BCUT2D eigenvalue weighted by atomic mass is 9.99. The fraction of sp³-hybridized carbons (Fsp3) is 0.250. The standard InChI is InChI=1S/C16H16ClFN2S/c17-12-6-5-10(13(18)9-12)7-14(20-19)16-8-11-3-1-2-4-15(11)21-16/h1-6,9,14,16,20H,7-8,19H2. The van der Waals surface area contributed by atoms with Gasteiger partial charge in [-0.1, -0.05) is 35.9 Å². The molecule has 0 bridgehead atoms. The second-order valence-corrected chi connectivity index (χ2v) is 6.90. The molecule has 21 heavy (non-hydrogen) atoms. The molecule has 2 aromatic carbocycles. The molecule has 2 atom stereocenters. The fourth-order valence-electron chi connectivity index (χ4n) is 2.66. The van der Waals surface area contributed by atoms with Gasteiger partial charge in [-0.05, 0) is 42.2 Å². The van der Waals surface area contributed by atoms with Gasteiger partial charge in [0.05, 0.1) is 0 Å². The van der Waals surface area contributed by atoms with Gasteiger partial charge >= 0.3 is 0 Å². The molecular formula is C16H16ClFN2S. The van der Waals surface area contributed by atoms with Crippen LogP contribution in [0.4, 0.5) is 4.39 Å². The number of benzene rings is 2. The zero-order chi connectivity index (χ0) is 14.8. The number of hydrogen-bond acceptors (Lipinski definition) is 3. The zero-order valence-electron chi connectivity index (χ0n) is 11.4. The second-order valence-electron chi connectivity index (χ2n) is 5.18. The predicted octanol–water partition coefficient (Wildman–Crippen LogP) is 3.57. The van der Waals surface area contributed by atoms with E-state index in [9.17, 15) is 4.39 Å². The van der Waals surface area contributed by atoms with Gasteiger partial charge in [-0.15, -0.1) is 11.8 Å². The maximum Gasteiger partial charge on any atom is 0.127 e. The Labute approximate surface area is 132 Å². The van der Waals surface area contributed by atoms with E-state index in [0.717, 1.165) is 6.42 Å². The van der Waals surface area contributed by atoms with Crippen LogP contribution in [-0.2, 0) is 12.8 Å². The van der Waals surface area contributed by atoms with E-state index in [-0.39, 0.29) is 11.9 Å². The highest BCUT2D eigenvalue weighted by molar-refractivity contribution is 8.00. The van der Waals surface area contributed by atoms with Crippen LogP contribution in [0.5, 0.6) is 0 Å². The minimum absolute atomic E-state index is 0.0121. The molecule has 0 saturated heterocycles. The number of halogens is 2. The Kier molecular flexibility index (Phi) is 4.50. The Balaban J connectivity index is 1.75. The van der Waals surface area contributed by atoms with E-state index < -0.39 is 0 Å². The normalized spacial score (nSPS) is 18.5. The van der Waals surface area contributed by atoms with Crippen molar-refractivity contribution >= 4 is 23.4 Å². The SMILES string of the molecule is NNC(Cc1ccc(Cl)cc1F)C1Cc2ccccc2S1. The second kappa shape index (κ2) is 6.36. The van der Waals surface area contributed by atoms with Crippen molar-refractivity contribution in [2.45, 2.75) is 29.0 Å². The third-order valence-corrected chi connectivity index (χ3v) is 5.48. The van der Waals surface area contributed by atoms with Crippen LogP contribution in [0.3, 0.4) is 0 Å². The van der Waals surface area contributed by atoms with Gasteiger partial charge in [-0.3, -0.25) is 11.3 Å². The Hall–Kier alpha value is -1.07. The predicted molar refractivity (Wildman–Crippen MR) is 86.0 cm³/mol. The van der Waals surface area contributed by atoms with Gasteiger partial charge < -0.3 is 0 Å². The first-order chi connectivity index (χ1) is 10.2. The van der Waals surface area contributed by atoms with Crippen molar-refractivity contribution in [3.8, 4) is 0 Å². The lowest BCUT2D eigenvalue weighted by Gasteiger charge is -2.22. The average molecular weight is 323 g/mol. The maximum absolute atomic E-state index is 13.9. The summed E-state index contributed by atoms with van der Waals surface area (Å²) in [7, 11) is 0. The molecule has 0 spiro atoms. The van der Waals surface area contributed by atoms with Crippen molar-refractivity contribution in [1.29, 1.82) is 0 Å². The zero-order valence-corrected chi connectivity index (χ0v) is 12.9. The smallest absolute Gasteiger partial charge is 0.127 e. The molecule has 0 saturated carbocycles. The number of hydrogen-bond donors (Lipinski definition) is 2. The third-order valence-electron chi connectivity index (χ3n) is 3.79. The van der Waals surface area contributed by atoms with E-state index in [2.05, 4.69) is 17.6 Å². The van der Waals surface area contributed by atoms with Crippen LogP contribution in [0.1, 0.15) is 11.1 Å². The van der Waals surface area contributed by atoms with Crippen LogP contribution in [0.2, 0.25) is 5.02 Å². The van der Waals surface area contributed by atoms with Gasteiger partial charge in [0.25, 0.3) is 0 Å². The monoisotopic (exact) mass is 322 g/mol. The number of thioether (sulfide) groups is 1. The average Bonchev–Trinajstić information content (AvgIpc) is 2.90. The molecule has 3 rings (SSSR count). The van der Waals surface area contributed by atoms with Crippen LogP contribution in [0.25, 0.3) is 0 Å². The lowest BCUT2D eigenvalue weighted by molar-refractivity contribution is 0.493. The Morgan fingerprint density at radius 3 is 2.86 bits per heavy atom. The molecule has 1 aliphatic rings. The molecule has 2 nitrogen and oxygen atoms in total. The minimum atomic E-state index is -0.275. The molecule has 3 N–H and O–H groups in total. The number of nitrogens with one attached hydrogen (secondary N) is 1. The van der Waals surface area contributed by atoms with E-state index in [1.807, 2.05) is 12.1 Å². The van der Waals surface area contributed by atoms with Gasteiger partial charge in [0.2, 0.25) is 0 Å². The van der Waals surface area contributed by atoms with Gasteiger partial charge in [0.15, 0.2) is 0 Å². The number of nitrogens with two attached hydrogens (primary N) is 1. The highest BCUT2D eigenvalue weighted by atomic mass is 35.5. The van der Waals surface area contributed by atoms with Crippen molar-refractivity contribution in [2.75, 3.05) is 0 Å². The van der Waals surface area contributed by atoms with Crippen molar-refractivity contribution in [2.24, 2.45) is 5.84 Å². The fourth-order valence-corrected chi connectivity index (χ4v) is 4.20. The van der Waals surface area contributed by atoms with Crippen molar-refractivity contribution < 1.29 is 4.39 Å². The molecule has 1 heterocycles. The highest BCUT2D eigenvalue weighted by Gasteiger charge is 2.29. The van der Waals surface area contributed by atoms with Gasteiger partial charge in [0, 0.05) is 21.2 Å². The highest BCUT2D eigenvalue weighted by Crippen LogP contribution is 2.38. The lowest BCUT2D eigenvalue weighted by Crippen LogP contribution is -2.44. The summed E-state index contributed by atoms with van der Waals surface area (Å²) in [5.41, 5.74) is 4.82. The van der Waals surface area contributed by atoms with Crippen molar-refractivity contribution in [1.82, 2.24) is 5.43 Å². The first-order valence-corrected chi connectivity index (χ1v) is 8.08. The Bertz CT molecular complexity index is 625. The first kappa shape index (κ1) is 14.9. The van der Waals surface area contributed by atoms with Crippen molar-refractivity contribution in [3.63, 3.8) is 0 Å². The molecule has 0 radical (unpaired) electrons. The minimum Gasteiger partial charge on any atom is -0.271 e. The first-order valence-electron chi connectivity index (χ1n) is 6.82. The van der Waals surface area contributed by atoms with E-state index in [1.54, 1.807) is 23.9 Å². The van der Waals surface area contributed by atoms with Crippen LogP contribution in [-0.4, -0.2) is 11.3 Å². The largest absolute Gasteiger partial charge is 0.271 e. The summed E-state index contributed by atoms with van der Waals surface area (Å²) in [6.45, 7) is 0. The molecule has 2 aromatic rings. The van der Waals surface area contributed by atoms with Gasteiger partial charge in [0.1, 0.15) is 5.82 Å². The topological polar surface area (TPSA) is 38.0 Å². The molecule has 5 heteroatoms. The summed E-state index contributed by atoms with van der Waals surface area (Å²) >= 11 is 7.60. The maximum atomic E-state index is 13.9. The van der Waals surface area contributed by atoms with E-state index in [4.69, 9.17) is 17.4 Å². The summed E-state index contributed by atoms with van der Waals surface area (Å²) in [5, 5.41) is 0.721. The molecule has 110 valence electrons. The molecular weight excluding hydrogens is 307 g/mol. The van der Waals surface area contributed by atoms with Crippen LogP contribution in [0, 0.1) is 5.82 Å². The number of rotatable bonds is 4. The van der Waals surface area contributed by atoms with Crippen molar-refractivity contribution in [3.05, 3.63) is 64.4 Å². The van der Waals surface area contributed by atoms with Crippen LogP contribution >= 0.6 is 23.4 Å².